The van der Waals surface area contributed by atoms with Crippen LogP contribution in [0.1, 0.15) is 33.7 Å². The molecule has 3 rings (SSSR count). The van der Waals surface area contributed by atoms with Gasteiger partial charge in [0.05, 0.1) is 11.3 Å². The van der Waals surface area contributed by atoms with Gasteiger partial charge in [-0.25, -0.2) is 0 Å². The maximum Gasteiger partial charge on any atom is 0.140 e. The number of rotatable bonds is 10. The first-order valence-electron chi connectivity index (χ1n) is 10.5. The fourth-order valence-electron chi connectivity index (χ4n) is 3.49. The van der Waals surface area contributed by atoms with Gasteiger partial charge in [-0.3, -0.25) is 4.90 Å². The van der Waals surface area contributed by atoms with E-state index in [1.165, 1.54) is 5.56 Å². The Morgan fingerprint density at radius 2 is 1.77 bits per heavy atom. The molecule has 0 unspecified atom stereocenters. The van der Waals surface area contributed by atoms with E-state index >= 15 is 0 Å². The highest BCUT2D eigenvalue weighted by molar-refractivity contribution is 5.35. The van der Waals surface area contributed by atoms with Crippen molar-refractivity contribution in [2.45, 2.75) is 47.0 Å². The topological polar surface area (TPSA) is 68.0 Å². The van der Waals surface area contributed by atoms with Crippen LogP contribution in [0.3, 0.4) is 0 Å². The van der Waals surface area contributed by atoms with E-state index in [0.29, 0.717) is 13.2 Å². The first kappa shape index (κ1) is 22.8. The van der Waals surface area contributed by atoms with E-state index in [9.17, 15) is 5.11 Å². The average molecular weight is 425 g/mol. The molecule has 1 aromatic heterocycles. The molecular weight excluding hydrogens is 392 g/mol. The minimum absolute atomic E-state index is 0.267. The second-order valence-electron chi connectivity index (χ2n) is 8.17. The number of aliphatic hydroxyl groups excluding tert-OH is 1. The zero-order valence-corrected chi connectivity index (χ0v) is 19.0. The molecule has 0 fully saturated rings. The molecule has 0 saturated carbocycles. The lowest BCUT2D eigenvalue weighted by molar-refractivity contribution is 0.0741. The Morgan fingerprint density at radius 1 is 1.03 bits per heavy atom. The summed E-state index contributed by atoms with van der Waals surface area (Å²) in [6.07, 6.45) is -0.566. The minimum atomic E-state index is -0.566. The van der Waals surface area contributed by atoms with E-state index in [2.05, 4.69) is 23.0 Å². The molecule has 31 heavy (non-hydrogen) atoms. The fraction of sp³-hybridized carbons (Fsp3) is 0.400. The van der Waals surface area contributed by atoms with E-state index < -0.39 is 6.10 Å². The molecular formula is C25H32N2O4. The zero-order chi connectivity index (χ0) is 22.4. The van der Waals surface area contributed by atoms with Crippen LogP contribution in [0.4, 0.5) is 0 Å². The van der Waals surface area contributed by atoms with E-state index in [1.54, 1.807) is 0 Å². The van der Waals surface area contributed by atoms with Crippen molar-refractivity contribution in [3.63, 3.8) is 0 Å². The molecule has 166 valence electrons. The third-order valence-corrected chi connectivity index (χ3v) is 5.22. The van der Waals surface area contributed by atoms with Crippen molar-refractivity contribution in [1.29, 1.82) is 0 Å². The SMILES string of the molecule is Cc1ccc(OC[C@@H](O)CN(C)Cc2ccc(OCc3c(C)noc3C)cc2)c(C)c1. The largest absolute Gasteiger partial charge is 0.491 e. The summed E-state index contributed by atoms with van der Waals surface area (Å²) in [5, 5.41) is 14.3. The summed E-state index contributed by atoms with van der Waals surface area (Å²) < 4.78 is 16.8. The minimum Gasteiger partial charge on any atom is -0.491 e. The number of aryl methyl sites for hydroxylation is 4. The first-order valence-corrected chi connectivity index (χ1v) is 10.5. The highest BCUT2D eigenvalue weighted by Gasteiger charge is 2.12. The Hall–Kier alpha value is -2.83. The van der Waals surface area contributed by atoms with Crippen LogP contribution in [0.15, 0.2) is 47.0 Å². The molecule has 6 nitrogen and oxygen atoms in total. The molecule has 1 N–H and O–H groups in total. The Bertz CT molecular complexity index is 962. The van der Waals surface area contributed by atoms with Crippen LogP contribution >= 0.6 is 0 Å². The van der Waals surface area contributed by atoms with Crippen molar-refractivity contribution in [3.05, 3.63) is 76.2 Å². The number of aliphatic hydroxyl groups is 1. The summed E-state index contributed by atoms with van der Waals surface area (Å²) in [4.78, 5) is 2.08. The molecule has 0 aliphatic carbocycles. The summed E-state index contributed by atoms with van der Waals surface area (Å²) in [5.74, 6) is 2.41. The van der Waals surface area contributed by atoms with Crippen molar-refractivity contribution in [2.75, 3.05) is 20.2 Å². The van der Waals surface area contributed by atoms with E-state index in [4.69, 9.17) is 14.0 Å². The van der Waals surface area contributed by atoms with Crippen LogP contribution in [-0.2, 0) is 13.2 Å². The van der Waals surface area contributed by atoms with Gasteiger partial charge in [0.25, 0.3) is 0 Å². The van der Waals surface area contributed by atoms with E-state index in [-0.39, 0.29) is 6.61 Å². The molecule has 0 amide bonds. The lowest BCUT2D eigenvalue weighted by Gasteiger charge is -2.21. The maximum absolute atomic E-state index is 10.4. The summed E-state index contributed by atoms with van der Waals surface area (Å²) in [7, 11) is 1.99. The predicted octanol–water partition coefficient (Wildman–Crippen LogP) is 4.36. The van der Waals surface area contributed by atoms with Crippen LogP contribution < -0.4 is 9.47 Å². The van der Waals surface area contributed by atoms with Gasteiger partial charge in [0.15, 0.2) is 0 Å². The Balaban J connectivity index is 1.43. The molecule has 0 bridgehead atoms. The predicted molar refractivity (Wildman–Crippen MR) is 121 cm³/mol. The van der Waals surface area contributed by atoms with Gasteiger partial charge in [-0.2, -0.15) is 0 Å². The highest BCUT2D eigenvalue weighted by Crippen LogP contribution is 2.20. The average Bonchev–Trinajstić information content (AvgIpc) is 3.04. The first-order chi connectivity index (χ1) is 14.8. The van der Waals surface area contributed by atoms with Crippen molar-refractivity contribution < 1.29 is 19.1 Å². The van der Waals surface area contributed by atoms with Crippen molar-refractivity contribution >= 4 is 0 Å². The molecule has 1 heterocycles. The van der Waals surface area contributed by atoms with Crippen LogP contribution in [0.25, 0.3) is 0 Å². The normalized spacial score (nSPS) is 12.2. The smallest absolute Gasteiger partial charge is 0.140 e. The van der Waals surface area contributed by atoms with Gasteiger partial charge in [-0.1, -0.05) is 35.0 Å². The number of hydrogen-bond acceptors (Lipinski definition) is 6. The van der Waals surface area contributed by atoms with E-state index in [0.717, 1.165) is 46.2 Å². The van der Waals surface area contributed by atoms with Gasteiger partial charge in [0, 0.05) is 13.1 Å². The number of aromatic nitrogens is 1. The Labute approximate surface area is 184 Å². The highest BCUT2D eigenvalue weighted by atomic mass is 16.5. The number of nitrogens with zero attached hydrogens (tertiary/aromatic N) is 2. The van der Waals surface area contributed by atoms with Crippen molar-refractivity contribution in [1.82, 2.24) is 10.1 Å². The monoisotopic (exact) mass is 424 g/mol. The number of ether oxygens (including phenoxy) is 2. The number of likely N-dealkylation sites (N-methyl/N-ethyl adjacent to an activating group) is 1. The molecule has 0 aliphatic heterocycles. The Morgan fingerprint density at radius 3 is 2.42 bits per heavy atom. The van der Waals surface area contributed by atoms with Crippen molar-refractivity contribution in [2.24, 2.45) is 0 Å². The lowest BCUT2D eigenvalue weighted by atomic mass is 10.1. The van der Waals surface area contributed by atoms with Gasteiger partial charge in [-0.15, -0.1) is 0 Å². The zero-order valence-electron chi connectivity index (χ0n) is 19.0. The van der Waals surface area contributed by atoms with Gasteiger partial charge in [0.2, 0.25) is 0 Å². The summed E-state index contributed by atoms with van der Waals surface area (Å²) >= 11 is 0. The standard InChI is InChI=1S/C25H32N2O4/c1-17-6-11-25(18(2)12-17)30-15-22(28)14-27(5)13-21-7-9-23(10-8-21)29-16-24-19(3)26-31-20(24)4/h6-12,22,28H,13-16H2,1-5H3/t22-/m0/s1. The van der Waals surface area contributed by atoms with Crippen LogP contribution in [0, 0.1) is 27.7 Å². The third-order valence-electron chi connectivity index (χ3n) is 5.22. The van der Waals surface area contributed by atoms with E-state index in [1.807, 2.05) is 64.2 Å². The van der Waals surface area contributed by atoms with Gasteiger partial charge in [-0.05, 0) is 64.1 Å². The second-order valence-corrected chi connectivity index (χ2v) is 8.17. The molecule has 3 aromatic rings. The number of benzene rings is 2. The van der Waals surface area contributed by atoms with Crippen molar-refractivity contribution in [3.8, 4) is 11.5 Å². The molecule has 2 aromatic carbocycles. The summed E-state index contributed by atoms with van der Waals surface area (Å²) in [6, 6.07) is 14.0. The Kier molecular flexibility index (Phi) is 7.71. The molecule has 0 spiro atoms. The molecule has 0 aliphatic rings. The quantitative estimate of drug-likeness (QED) is 0.522. The third kappa shape index (κ3) is 6.57. The lowest BCUT2D eigenvalue weighted by Crippen LogP contribution is -2.32. The van der Waals surface area contributed by atoms with Crippen LogP contribution in [0.2, 0.25) is 0 Å². The fourth-order valence-corrected chi connectivity index (χ4v) is 3.49. The van der Waals surface area contributed by atoms with Crippen LogP contribution in [-0.4, -0.2) is 41.5 Å². The molecule has 1 atom stereocenters. The number of hydrogen-bond donors (Lipinski definition) is 1. The van der Waals surface area contributed by atoms with Gasteiger partial charge in [0.1, 0.15) is 36.6 Å². The molecule has 0 saturated heterocycles. The van der Waals surface area contributed by atoms with Gasteiger partial charge >= 0.3 is 0 Å². The van der Waals surface area contributed by atoms with Crippen LogP contribution in [0.5, 0.6) is 11.5 Å². The molecule has 6 heteroatoms. The van der Waals surface area contributed by atoms with Gasteiger partial charge < -0.3 is 19.1 Å². The maximum atomic E-state index is 10.4. The molecule has 0 radical (unpaired) electrons. The summed E-state index contributed by atoms with van der Waals surface area (Å²) in [5.41, 5.74) is 5.27. The second kappa shape index (κ2) is 10.5. The summed E-state index contributed by atoms with van der Waals surface area (Å²) in [6.45, 7) is 9.82.